The molecule has 0 saturated heterocycles. The third kappa shape index (κ3) is 12.9. The van der Waals surface area contributed by atoms with Crippen molar-refractivity contribution in [3.8, 4) is 89.8 Å². The van der Waals surface area contributed by atoms with Crippen LogP contribution in [0.3, 0.4) is 0 Å². The maximum Gasteiger partial charge on any atom is 0.0719 e. The summed E-state index contributed by atoms with van der Waals surface area (Å²) < 4.78 is 19.8. The van der Waals surface area contributed by atoms with E-state index in [2.05, 4.69) is 539 Å². The lowest BCUT2D eigenvalue weighted by molar-refractivity contribution is 0.661. The standard InChI is InChI=1S/C51H36N2.2C42H26N2S/c1-51(2)45-19-11-9-17-39(45)41-31-44-43-30-36(35-23-27-48-42(29-35)40-18-10-12-20-47(40)52(48)37-15-7-4-8-16-37)24-28-49(43)53(50(44)32-46(41)51)38-25-21-34(22-26-38)33-13-5-3-6-14-33;1-3-11-29(12-4-1)43-37-17-9-7-15-31(37)35-25-27(19-23-38(35)43)28-20-24-39-36(26-28)33-21-22-34-32-16-8-10-18-40(32)45-42(34)41(33)44(39)30-13-5-2-6-14-30;1-3-11-29(12-4-1)43-36-17-9-7-15-31(36)34-25-27(19-22-37(34)43)28-20-23-38-35(26-28)32-21-24-40-41(33-16-8-10-18-39(33)45-40)42(32)44(38)30-13-5-2-6-14-30/h3-32H,1-2H3;2*1-26H. The maximum atomic E-state index is 2.47. The van der Waals surface area contributed by atoms with Crippen LogP contribution >= 0.6 is 22.7 Å². The van der Waals surface area contributed by atoms with Crippen molar-refractivity contribution in [1.82, 2.24) is 27.4 Å². The molecule has 8 heterocycles. The van der Waals surface area contributed by atoms with Crippen LogP contribution in [0.2, 0.25) is 0 Å². The fraction of sp³-hybridized carbons (Fsp3) is 0.0222. The molecule has 143 heavy (non-hydrogen) atoms. The Balaban J connectivity index is 0.000000103. The van der Waals surface area contributed by atoms with E-state index in [0.29, 0.717) is 0 Å². The zero-order valence-electron chi connectivity index (χ0n) is 78.3. The molecule has 0 spiro atoms. The van der Waals surface area contributed by atoms with Gasteiger partial charge in [0.1, 0.15) is 0 Å². The Morgan fingerprint density at radius 1 is 0.161 bits per heavy atom. The van der Waals surface area contributed by atoms with Gasteiger partial charge in [0, 0.05) is 140 Å². The number of aromatic nitrogens is 6. The average Bonchev–Trinajstić information content (AvgIpc) is 1.50. The first-order valence-corrected chi connectivity index (χ1v) is 50.9. The highest BCUT2D eigenvalue weighted by Gasteiger charge is 2.37. The first kappa shape index (κ1) is 82.2. The van der Waals surface area contributed by atoms with Crippen LogP contribution in [-0.4, -0.2) is 27.4 Å². The van der Waals surface area contributed by atoms with Crippen LogP contribution < -0.4 is 0 Å². The summed E-state index contributed by atoms with van der Waals surface area (Å²) in [7, 11) is 0. The molecule has 22 aromatic carbocycles. The number of rotatable bonds is 10. The number of nitrogens with zero attached hydrogens (tertiary/aromatic N) is 6. The second kappa shape index (κ2) is 32.6. The number of hydrogen-bond acceptors (Lipinski definition) is 2. The van der Waals surface area contributed by atoms with Crippen molar-refractivity contribution >= 4 is 194 Å². The molecule has 0 fully saturated rings. The third-order valence-electron chi connectivity index (χ3n) is 30.3. The summed E-state index contributed by atoms with van der Waals surface area (Å²) in [6.45, 7) is 4.74. The van der Waals surface area contributed by atoms with E-state index in [1.165, 1.54) is 272 Å². The Hall–Kier alpha value is -17.9. The number of fused-ring (bicyclic) bond motifs is 29. The molecule has 0 unspecified atom stereocenters. The molecule has 1 aliphatic rings. The van der Waals surface area contributed by atoms with Crippen molar-refractivity contribution in [1.29, 1.82) is 0 Å². The van der Waals surface area contributed by atoms with E-state index in [-0.39, 0.29) is 5.41 Å². The summed E-state index contributed by atoms with van der Waals surface area (Å²) in [5.41, 5.74) is 37.1. The van der Waals surface area contributed by atoms with Crippen LogP contribution in [0.1, 0.15) is 25.0 Å². The van der Waals surface area contributed by atoms with Gasteiger partial charge >= 0.3 is 0 Å². The van der Waals surface area contributed by atoms with Gasteiger partial charge in [-0.25, -0.2) is 0 Å². The minimum Gasteiger partial charge on any atom is -0.309 e. The minimum atomic E-state index is -0.0852. The van der Waals surface area contributed by atoms with E-state index in [9.17, 15) is 0 Å². The van der Waals surface area contributed by atoms with E-state index in [1.807, 2.05) is 22.7 Å². The molecule has 0 amide bonds. The lowest BCUT2D eigenvalue weighted by Gasteiger charge is -2.21. The molecule has 0 aliphatic heterocycles. The van der Waals surface area contributed by atoms with Crippen LogP contribution in [0, 0.1) is 0 Å². The molecule has 31 rings (SSSR count). The number of thiophene rings is 2. The molecule has 6 nitrogen and oxygen atoms in total. The molecule has 0 N–H and O–H groups in total. The molecule has 0 atom stereocenters. The maximum absolute atomic E-state index is 2.47. The summed E-state index contributed by atoms with van der Waals surface area (Å²) in [4.78, 5) is 0. The van der Waals surface area contributed by atoms with Crippen molar-refractivity contribution in [3.63, 3.8) is 0 Å². The summed E-state index contributed by atoms with van der Waals surface area (Å²) in [5, 5.41) is 20.6. The molecule has 0 saturated carbocycles. The Morgan fingerprint density at radius 2 is 0.462 bits per heavy atom. The highest BCUT2D eigenvalue weighted by atomic mass is 32.1. The van der Waals surface area contributed by atoms with Crippen LogP contribution in [-0.2, 0) is 5.41 Å². The molecule has 8 heteroatoms. The van der Waals surface area contributed by atoms with Gasteiger partial charge < -0.3 is 27.4 Å². The van der Waals surface area contributed by atoms with Gasteiger partial charge in [-0.3, -0.25) is 0 Å². The smallest absolute Gasteiger partial charge is 0.0719 e. The summed E-state index contributed by atoms with van der Waals surface area (Å²) in [6, 6.07) is 182. The molecular weight excluding hydrogens is 1770 g/mol. The quantitative estimate of drug-likeness (QED) is 0.131. The largest absolute Gasteiger partial charge is 0.309 e. The molecular formula is C135H88N6S2. The first-order valence-electron chi connectivity index (χ1n) is 49.2. The van der Waals surface area contributed by atoms with Gasteiger partial charge in [0.25, 0.3) is 0 Å². The van der Waals surface area contributed by atoms with Crippen LogP contribution in [0.5, 0.6) is 0 Å². The molecule has 0 bridgehead atoms. The number of hydrogen-bond donors (Lipinski definition) is 0. The fourth-order valence-corrected chi connectivity index (χ4v) is 26.1. The van der Waals surface area contributed by atoms with Crippen molar-refractivity contribution in [2.24, 2.45) is 0 Å². The normalized spacial score (nSPS) is 12.5. The molecule has 1 aliphatic carbocycles. The Bertz CT molecular complexity index is 10400. The number of para-hydroxylation sites is 8. The Labute approximate surface area is 832 Å². The van der Waals surface area contributed by atoms with Crippen molar-refractivity contribution in [2.45, 2.75) is 19.3 Å². The lowest BCUT2D eigenvalue weighted by atomic mass is 9.82. The molecule has 30 aromatic rings. The fourth-order valence-electron chi connectivity index (χ4n) is 23.8. The van der Waals surface area contributed by atoms with Crippen LogP contribution in [0.25, 0.3) is 261 Å². The third-order valence-corrected chi connectivity index (χ3v) is 32.7. The van der Waals surface area contributed by atoms with Gasteiger partial charge in [-0.2, -0.15) is 0 Å². The Morgan fingerprint density at radius 3 is 0.923 bits per heavy atom. The van der Waals surface area contributed by atoms with Gasteiger partial charge in [-0.1, -0.05) is 317 Å². The van der Waals surface area contributed by atoms with Gasteiger partial charge in [0.05, 0.1) is 70.9 Å². The highest BCUT2D eigenvalue weighted by molar-refractivity contribution is 7.27. The van der Waals surface area contributed by atoms with Crippen molar-refractivity contribution in [2.75, 3.05) is 0 Å². The SMILES string of the molecule is CC1(C)c2ccccc2-c2cc3c4cc(-c5ccc6c(c5)c5ccccc5n6-c5ccccc5)ccc4n(-c4ccc(-c5ccccc5)cc4)c3cc21.c1ccc(-n2c3ccccc3c3cc(-c4ccc5c(c4)c4ccc6c7ccccc7sc6c4n5-c4ccccc4)ccc32)cc1.c1ccc(-n2c3ccccc3c3cc(-c4ccc5c(c4)c4ccc6sc7ccccc7c6c4n5-c4ccccc4)ccc32)cc1. The summed E-state index contributed by atoms with van der Waals surface area (Å²) >= 11 is 3.77. The van der Waals surface area contributed by atoms with E-state index in [0.717, 1.165) is 0 Å². The van der Waals surface area contributed by atoms with E-state index >= 15 is 0 Å². The average molecular weight is 1860 g/mol. The molecule has 8 aromatic heterocycles. The summed E-state index contributed by atoms with van der Waals surface area (Å²) in [5.74, 6) is 0. The minimum absolute atomic E-state index is 0.0852. The lowest BCUT2D eigenvalue weighted by Crippen LogP contribution is -2.14. The summed E-state index contributed by atoms with van der Waals surface area (Å²) in [6.07, 6.45) is 0. The predicted octanol–water partition coefficient (Wildman–Crippen LogP) is 37.4. The van der Waals surface area contributed by atoms with Gasteiger partial charge in [-0.05, 0) is 261 Å². The zero-order chi connectivity index (χ0) is 94.2. The molecule has 670 valence electrons. The topological polar surface area (TPSA) is 29.6 Å². The highest BCUT2D eigenvalue weighted by Crippen LogP contribution is 2.54. The predicted molar refractivity (Wildman–Crippen MR) is 610 cm³/mol. The van der Waals surface area contributed by atoms with Crippen molar-refractivity contribution in [3.05, 3.63) is 509 Å². The first-order chi connectivity index (χ1) is 70.7. The zero-order valence-corrected chi connectivity index (χ0v) is 80.0. The van der Waals surface area contributed by atoms with Gasteiger partial charge in [0.15, 0.2) is 0 Å². The van der Waals surface area contributed by atoms with E-state index in [4.69, 9.17) is 0 Å². The molecule has 0 radical (unpaired) electrons. The van der Waals surface area contributed by atoms with Gasteiger partial charge in [0.2, 0.25) is 0 Å². The van der Waals surface area contributed by atoms with E-state index in [1.54, 1.807) is 0 Å². The van der Waals surface area contributed by atoms with Crippen LogP contribution in [0.15, 0.2) is 497 Å². The van der Waals surface area contributed by atoms with Gasteiger partial charge in [-0.15, -0.1) is 22.7 Å². The monoisotopic (exact) mass is 1860 g/mol. The second-order valence-electron chi connectivity index (χ2n) is 38.5. The second-order valence-corrected chi connectivity index (χ2v) is 40.6. The van der Waals surface area contributed by atoms with E-state index < -0.39 is 0 Å². The Kier molecular flexibility index (Phi) is 18.7. The number of benzene rings is 22. The van der Waals surface area contributed by atoms with Crippen LogP contribution in [0.4, 0.5) is 0 Å². The van der Waals surface area contributed by atoms with Crippen molar-refractivity contribution < 1.29 is 0 Å².